The van der Waals surface area contributed by atoms with Crippen molar-refractivity contribution in [2.24, 2.45) is 11.5 Å². The molecule has 12 nitrogen and oxygen atoms in total. The maximum Gasteiger partial charge on any atom is 0.243 e. The Kier molecular flexibility index (Phi) is 38.3. The molecule has 0 aliphatic heterocycles. The third kappa shape index (κ3) is 35.4. The lowest BCUT2D eigenvalue weighted by Crippen LogP contribution is -2.47. The highest BCUT2D eigenvalue weighted by Gasteiger charge is 2.29. The third-order valence-electron chi connectivity index (χ3n) is 4.58. The SMILES string of the molecule is CC.CCC.CCC.CCNC(CCC=O)(CCC(=O)NCCOCC(N)=O)CCC(=O)NCCOCC(N)=O. The first-order chi connectivity index (χ1) is 19.1. The second kappa shape index (κ2) is 34.5. The summed E-state index contributed by atoms with van der Waals surface area (Å²) in [5.41, 5.74) is 9.38. The first-order valence-electron chi connectivity index (χ1n) is 14.5. The molecule has 0 aromatic carbocycles. The maximum atomic E-state index is 12.2. The molecule has 12 heteroatoms. The molecule has 4 amide bonds. The summed E-state index contributed by atoms with van der Waals surface area (Å²) in [6, 6.07) is 0. The average molecular weight is 578 g/mol. The summed E-state index contributed by atoms with van der Waals surface area (Å²) >= 11 is 0. The van der Waals surface area contributed by atoms with E-state index in [-0.39, 0.29) is 64.2 Å². The fourth-order valence-corrected chi connectivity index (χ4v) is 3.10. The van der Waals surface area contributed by atoms with Gasteiger partial charge in [-0.05, 0) is 25.8 Å². The Morgan fingerprint density at radius 1 is 0.725 bits per heavy atom. The van der Waals surface area contributed by atoms with Crippen LogP contribution in [0.1, 0.15) is 99.8 Å². The Morgan fingerprint density at radius 3 is 1.40 bits per heavy atom. The van der Waals surface area contributed by atoms with Crippen LogP contribution in [0.25, 0.3) is 0 Å². The van der Waals surface area contributed by atoms with Gasteiger partial charge in [-0.1, -0.05) is 61.3 Å². The second-order valence-electron chi connectivity index (χ2n) is 8.67. The van der Waals surface area contributed by atoms with Gasteiger partial charge in [0.2, 0.25) is 23.6 Å². The second-order valence-corrected chi connectivity index (χ2v) is 8.67. The van der Waals surface area contributed by atoms with Gasteiger partial charge in [0.25, 0.3) is 0 Å². The lowest BCUT2D eigenvalue weighted by Gasteiger charge is -2.34. The van der Waals surface area contributed by atoms with E-state index < -0.39 is 17.4 Å². The quantitative estimate of drug-likeness (QED) is 0.101. The summed E-state index contributed by atoms with van der Waals surface area (Å²) in [5, 5.41) is 8.75. The van der Waals surface area contributed by atoms with Crippen molar-refractivity contribution in [3.05, 3.63) is 0 Å². The van der Waals surface area contributed by atoms with Crippen LogP contribution >= 0.6 is 0 Å². The van der Waals surface area contributed by atoms with Crippen LogP contribution in [0.15, 0.2) is 0 Å². The maximum absolute atomic E-state index is 12.2. The van der Waals surface area contributed by atoms with Gasteiger partial charge < -0.3 is 41.7 Å². The van der Waals surface area contributed by atoms with E-state index in [9.17, 15) is 24.0 Å². The predicted molar refractivity (Wildman–Crippen MR) is 159 cm³/mol. The summed E-state index contributed by atoms with van der Waals surface area (Å²) in [5.74, 6) is -1.55. The Hall–Kier alpha value is -2.57. The van der Waals surface area contributed by atoms with Crippen molar-refractivity contribution < 1.29 is 33.4 Å². The number of rotatable bonds is 21. The predicted octanol–water partition coefficient (Wildman–Crippen LogP) is 1.97. The summed E-state index contributed by atoms with van der Waals surface area (Å²) in [4.78, 5) is 56.5. The van der Waals surface area contributed by atoms with Gasteiger partial charge in [0.15, 0.2) is 0 Å². The standard InChI is InChI=1S/C20H37N5O7.2C3H8.C2H6/c1-2-25-20(6-3-11-26,7-4-18(29)23-9-12-31-14-16(21)27)8-5-19(30)24-10-13-32-15-17(22)28;2*1-3-2;1-2/h11,25H,2-10,12-15H2,1H3,(H2,21,27)(H2,22,28)(H,23,29)(H,24,30);2*3H2,1-2H3;1-2H3. The minimum atomic E-state index is -0.579. The summed E-state index contributed by atoms with van der Waals surface area (Å²) in [6.45, 7) is 15.5. The molecule has 0 atom stereocenters. The largest absolute Gasteiger partial charge is 0.370 e. The smallest absolute Gasteiger partial charge is 0.243 e. The van der Waals surface area contributed by atoms with E-state index in [1.165, 1.54) is 12.8 Å². The van der Waals surface area contributed by atoms with Crippen LogP contribution in [-0.2, 0) is 33.4 Å². The molecule has 0 aromatic heterocycles. The number of carbonyl (C=O) groups excluding carboxylic acids is 5. The number of nitrogens with one attached hydrogen (secondary N) is 3. The van der Waals surface area contributed by atoms with Crippen molar-refractivity contribution in [2.45, 2.75) is 105 Å². The van der Waals surface area contributed by atoms with E-state index >= 15 is 0 Å². The van der Waals surface area contributed by atoms with Crippen molar-refractivity contribution in [2.75, 3.05) is 46.1 Å². The van der Waals surface area contributed by atoms with Crippen molar-refractivity contribution in [3.63, 3.8) is 0 Å². The van der Waals surface area contributed by atoms with Crippen LogP contribution in [0.2, 0.25) is 0 Å². The molecule has 0 heterocycles. The van der Waals surface area contributed by atoms with Crippen LogP contribution in [0.3, 0.4) is 0 Å². The van der Waals surface area contributed by atoms with Gasteiger partial charge in [-0.2, -0.15) is 0 Å². The molecular weight excluding hydrogens is 518 g/mol. The number of amides is 4. The lowest BCUT2D eigenvalue weighted by molar-refractivity contribution is -0.124. The highest BCUT2D eigenvalue weighted by atomic mass is 16.5. The zero-order valence-electron chi connectivity index (χ0n) is 26.2. The van der Waals surface area contributed by atoms with Gasteiger partial charge in [-0.3, -0.25) is 19.2 Å². The molecule has 0 aliphatic rings. The van der Waals surface area contributed by atoms with Crippen LogP contribution in [0, 0.1) is 0 Å². The fourth-order valence-electron chi connectivity index (χ4n) is 3.10. The normalized spacial score (nSPS) is 9.88. The van der Waals surface area contributed by atoms with E-state index in [2.05, 4.69) is 43.6 Å². The molecule has 0 saturated heterocycles. The molecule has 7 N–H and O–H groups in total. The number of carbonyl (C=O) groups is 5. The molecule has 0 rings (SSSR count). The van der Waals surface area contributed by atoms with Gasteiger partial charge in [0, 0.05) is 37.9 Å². The van der Waals surface area contributed by atoms with Crippen molar-refractivity contribution >= 4 is 29.9 Å². The fraction of sp³-hybridized carbons (Fsp3) is 0.821. The molecule has 0 fully saturated rings. The number of hydrogen-bond acceptors (Lipinski definition) is 8. The number of ether oxygens (including phenoxy) is 2. The monoisotopic (exact) mass is 577 g/mol. The van der Waals surface area contributed by atoms with Crippen LogP contribution < -0.4 is 27.4 Å². The van der Waals surface area contributed by atoms with Crippen molar-refractivity contribution in [1.29, 1.82) is 0 Å². The first kappa shape index (κ1) is 44.4. The van der Waals surface area contributed by atoms with E-state index in [4.69, 9.17) is 20.9 Å². The summed E-state index contributed by atoms with van der Waals surface area (Å²) in [6.07, 6.45) is 5.40. The van der Waals surface area contributed by atoms with E-state index in [0.717, 1.165) is 6.29 Å². The minimum Gasteiger partial charge on any atom is -0.370 e. The molecule has 40 heavy (non-hydrogen) atoms. The van der Waals surface area contributed by atoms with Crippen molar-refractivity contribution in [3.8, 4) is 0 Å². The molecule has 238 valence electrons. The molecule has 0 spiro atoms. The average Bonchev–Trinajstić information content (AvgIpc) is 2.91. The summed E-state index contributed by atoms with van der Waals surface area (Å²) < 4.78 is 9.98. The van der Waals surface area contributed by atoms with E-state index in [1.807, 2.05) is 20.8 Å². The van der Waals surface area contributed by atoms with E-state index in [0.29, 0.717) is 32.2 Å². The van der Waals surface area contributed by atoms with Gasteiger partial charge in [0.05, 0.1) is 13.2 Å². The van der Waals surface area contributed by atoms with E-state index in [1.54, 1.807) is 0 Å². The van der Waals surface area contributed by atoms with Gasteiger partial charge in [0.1, 0.15) is 19.5 Å². The van der Waals surface area contributed by atoms with Gasteiger partial charge in [-0.25, -0.2) is 0 Å². The Bertz CT molecular complexity index is 592. The zero-order chi connectivity index (χ0) is 31.7. The number of hydrogen-bond donors (Lipinski definition) is 5. The number of primary amides is 2. The number of aldehydes is 1. The molecule has 0 aliphatic carbocycles. The third-order valence-corrected chi connectivity index (χ3v) is 4.58. The topological polar surface area (TPSA) is 192 Å². The highest BCUT2D eigenvalue weighted by molar-refractivity contribution is 5.77. The first-order valence-corrected chi connectivity index (χ1v) is 14.5. The number of nitrogens with two attached hydrogens (primary N) is 2. The van der Waals surface area contributed by atoms with Crippen LogP contribution in [0.5, 0.6) is 0 Å². The highest BCUT2D eigenvalue weighted by Crippen LogP contribution is 2.25. The molecule has 0 saturated carbocycles. The Labute approximate surface area is 242 Å². The van der Waals surface area contributed by atoms with Gasteiger partial charge in [-0.15, -0.1) is 0 Å². The Balaban J connectivity index is -0.000000722. The molecule has 0 radical (unpaired) electrons. The van der Waals surface area contributed by atoms with Gasteiger partial charge >= 0.3 is 0 Å². The molecule has 0 unspecified atom stereocenters. The molecule has 0 bridgehead atoms. The van der Waals surface area contributed by atoms with Crippen LogP contribution in [-0.4, -0.2) is 81.5 Å². The van der Waals surface area contributed by atoms with Crippen LogP contribution in [0.4, 0.5) is 0 Å². The summed E-state index contributed by atoms with van der Waals surface area (Å²) in [7, 11) is 0. The lowest BCUT2D eigenvalue weighted by atomic mass is 9.83. The minimum absolute atomic E-state index is 0.168. The molecular formula is C28H59N5O7. The molecule has 0 aromatic rings. The Morgan fingerprint density at radius 2 is 1.10 bits per heavy atom. The zero-order valence-corrected chi connectivity index (χ0v) is 26.2. The van der Waals surface area contributed by atoms with Crippen molar-refractivity contribution in [1.82, 2.24) is 16.0 Å².